The number of rotatable bonds is 7. The maximum atomic E-state index is 9.97. The molecule has 1 aliphatic carbocycles. The number of nitriles is 1. The van der Waals surface area contributed by atoms with Crippen molar-refractivity contribution in [1.29, 1.82) is 5.26 Å². The Labute approximate surface area is 182 Å². The minimum atomic E-state index is 0.538. The van der Waals surface area contributed by atoms with Gasteiger partial charge in [-0.2, -0.15) is 5.26 Å². The molecule has 3 aromatic rings. The van der Waals surface area contributed by atoms with Crippen LogP contribution in [0.1, 0.15) is 35.2 Å². The van der Waals surface area contributed by atoms with Crippen LogP contribution in [0.3, 0.4) is 0 Å². The van der Waals surface area contributed by atoms with E-state index in [1.165, 1.54) is 5.56 Å². The Morgan fingerprint density at radius 1 is 1.07 bits per heavy atom. The molecule has 3 nitrogen and oxygen atoms in total. The lowest BCUT2D eigenvalue weighted by molar-refractivity contribution is 0.306. The summed E-state index contributed by atoms with van der Waals surface area (Å²) >= 11 is 1.59. The van der Waals surface area contributed by atoms with Crippen molar-refractivity contribution in [2.45, 2.75) is 37.3 Å². The lowest BCUT2D eigenvalue weighted by Gasteiger charge is -2.22. The van der Waals surface area contributed by atoms with E-state index < -0.39 is 0 Å². The van der Waals surface area contributed by atoms with E-state index in [9.17, 15) is 5.26 Å². The van der Waals surface area contributed by atoms with Crippen LogP contribution in [-0.2, 0) is 19.4 Å². The van der Waals surface area contributed by atoms with Crippen molar-refractivity contribution < 1.29 is 4.74 Å². The number of pyridine rings is 1. The van der Waals surface area contributed by atoms with Crippen LogP contribution < -0.4 is 4.74 Å². The normalized spacial score (nSPS) is 12.6. The fourth-order valence-corrected chi connectivity index (χ4v) is 4.58. The van der Waals surface area contributed by atoms with Gasteiger partial charge in [0, 0.05) is 17.0 Å². The van der Waals surface area contributed by atoms with Gasteiger partial charge in [-0.15, -0.1) is 18.3 Å². The summed E-state index contributed by atoms with van der Waals surface area (Å²) in [5, 5.41) is 10.8. The maximum absolute atomic E-state index is 9.97. The molecule has 150 valence electrons. The highest BCUT2D eigenvalue weighted by Crippen LogP contribution is 2.38. The van der Waals surface area contributed by atoms with Crippen LogP contribution in [0.15, 0.2) is 72.3 Å². The predicted molar refractivity (Wildman–Crippen MR) is 123 cm³/mol. The molecule has 0 aliphatic heterocycles. The van der Waals surface area contributed by atoms with Crippen LogP contribution in [0.4, 0.5) is 0 Å². The summed E-state index contributed by atoms with van der Waals surface area (Å²) in [5.74, 6) is 1.57. The van der Waals surface area contributed by atoms with Crippen molar-refractivity contribution in [3.8, 4) is 22.9 Å². The summed E-state index contributed by atoms with van der Waals surface area (Å²) < 4.78 is 5.94. The summed E-state index contributed by atoms with van der Waals surface area (Å²) in [6.45, 7) is 4.34. The molecule has 4 heteroatoms. The first-order valence-corrected chi connectivity index (χ1v) is 11.3. The molecule has 0 spiro atoms. The molecule has 30 heavy (non-hydrogen) atoms. The topological polar surface area (TPSA) is 45.9 Å². The molecule has 0 radical (unpaired) electrons. The number of aromatic nitrogens is 1. The number of fused-ring (bicyclic) bond motifs is 1. The van der Waals surface area contributed by atoms with Gasteiger partial charge in [-0.25, -0.2) is 4.98 Å². The highest BCUT2D eigenvalue weighted by molar-refractivity contribution is 7.99. The van der Waals surface area contributed by atoms with E-state index in [2.05, 4.69) is 36.9 Å². The lowest BCUT2D eigenvalue weighted by Crippen LogP contribution is -2.10. The Balaban J connectivity index is 1.66. The van der Waals surface area contributed by atoms with E-state index in [1.807, 2.05) is 36.4 Å². The monoisotopic (exact) mass is 412 g/mol. The Morgan fingerprint density at radius 2 is 1.83 bits per heavy atom. The lowest BCUT2D eigenvalue weighted by atomic mass is 9.87. The molecule has 1 aliphatic rings. The number of benzene rings is 2. The number of aryl methyl sites for hydroxylation is 1. The summed E-state index contributed by atoms with van der Waals surface area (Å²) in [4.78, 5) is 4.86. The van der Waals surface area contributed by atoms with Gasteiger partial charge < -0.3 is 4.74 Å². The minimum Gasteiger partial charge on any atom is -0.489 e. The molecule has 0 saturated heterocycles. The molecule has 0 unspecified atom stereocenters. The van der Waals surface area contributed by atoms with Gasteiger partial charge >= 0.3 is 0 Å². The van der Waals surface area contributed by atoms with E-state index in [0.717, 1.165) is 64.6 Å². The smallest absolute Gasteiger partial charge is 0.119 e. The maximum Gasteiger partial charge on any atom is 0.119 e. The van der Waals surface area contributed by atoms with Crippen molar-refractivity contribution in [3.63, 3.8) is 0 Å². The first-order chi connectivity index (χ1) is 14.8. The van der Waals surface area contributed by atoms with Crippen molar-refractivity contribution in [1.82, 2.24) is 4.98 Å². The molecule has 1 heterocycles. The molecule has 2 aromatic carbocycles. The van der Waals surface area contributed by atoms with Crippen LogP contribution in [0, 0.1) is 11.3 Å². The fraction of sp³-hybridized carbons (Fsp3) is 0.231. The molecule has 1 aromatic heterocycles. The Hall–Kier alpha value is -3.03. The molecule has 0 atom stereocenters. The Morgan fingerprint density at radius 3 is 2.57 bits per heavy atom. The first-order valence-electron chi connectivity index (χ1n) is 10.3. The van der Waals surface area contributed by atoms with E-state index >= 15 is 0 Å². The number of nitrogens with zero attached hydrogens (tertiary/aromatic N) is 2. The first kappa shape index (κ1) is 20.3. The molecule has 0 N–H and O–H groups in total. The summed E-state index contributed by atoms with van der Waals surface area (Å²) in [6, 6.07) is 20.7. The fourth-order valence-electron chi connectivity index (χ4n) is 3.84. The van der Waals surface area contributed by atoms with E-state index in [-0.39, 0.29) is 0 Å². The molecular weight excluding hydrogens is 388 g/mol. The molecular formula is C26H24N2OS. The third kappa shape index (κ3) is 4.42. The minimum absolute atomic E-state index is 0.538. The van der Waals surface area contributed by atoms with E-state index in [4.69, 9.17) is 9.72 Å². The van der Waals surface area contributed by atoms with E-state index in [1.54, 1.807) is 11.8 Å². The number of thioether (sulfide) groups is 1. The highest BCUT2D eigenvalue weighted by atomic mass is 32.2. The Kier molecular flexibility index (Phi) is 6.51. The third-order valence-electron chi connectivity index (χ3n) is 5.28. The number of hydrogen-bond donors (Lipinski definition) is 0. The van der Waals surface area contributed by atoms with Crippen molar-refractivity contribution in [2.75, 3.05) is 5.75 Å². The molecule has 0 amide bonds. The second-order valence-corrected chi connectivity index (χ2v) is 8.32. The van der Waals surface area contributed by atoms with Crippen molar-refractivity contribution in [2.24, 2.45) is 0 Å². The second-order valence-electron chi connectivity index (χ2n) is 7.31. The van der Waals surface area contributed by atoms with E-state index in [0.29, 0.717) is 12.2 Å². The van der Waals surface area contributed by atoms with Gasteiger partial charge in [-0.05, 0) is 54.5 Å². The zero-order valence-electron chi connectivity index (χ0n) is 16.9. The zero-order valence-corrected chi connectivity index (χ0v) is 17.8. The molecule has 0 saturated carbocycles. The molecule has 0 bridgehead atoms. The number of ether oxygens (including phenoxy) is 1. The van der Waals surface area contributed by atoms with Crippen LogP contribution in [-0.4, -0.2) is 10.7 Å². The van der Waals surface area contributed by atoms with Gasteiger partial charge in [-0.1, -0.05) is 48.5 Å². The largest absolute Gasteiger partial charge is 0.489 e. The summed E-state index contributed by atoms with van der Waals surface area (Å²) in [6.07, 6.45) is 6.11. The average Bonchev–Trinajstić information content (AvgIpc) is 2.81. The predicted octanol–water partition coefficient (Wildman–Crippen LogP) is 6.36. The summed E-state index contributed by atoms with van der Waals surface area (Å²) in [5.41, 5.74) is 6.30. The quantitative estimate of drug-likeness (QED) is 0.335. The van der Waals surface area contributed by atoms with Gasteiger partial charge in [0.05, 0.1) is 5.56 Å². The Bertz CT molecular complexity index is 1070. The van der Waals surface area contributed by atoms with Crippen LogP contribution >= 0.6 is 11.8 Å². The molecule has 4 rings (SSSR count). The van der Waals surface area contributed by atoms with Gasteiger partial charge in [0.25, 0.3) is 0 Å². The third-order valence-corrected chi connectivity index (χ3v) is 6.25. The second kappa shape index (κ2) is 9.65. The van der Waals surface area contributed by atoms with Gasteiger partial charge in [-0.3, -0.25) is 0 Å². The van der Waals surface area contributed by atoms with Gasteiger partial charge in [0.2, 0.25) is 0 Å². The van der Waals surface area contributed by atoms with Crippen LogP contribution in [0.5, 0.6) is 5.75 Å². The van der Waals surface area contributed by atoms with Crippen LogP contribution in [0.2, 0.25) is 0 Å². The highest BCUT2D eigenvalue weighted by Gasteiger charge is 2.23. The average molecular weight is 413 g/mol. The van der Waals surface area contributed by atoms with Crippen LogP contribution in [0.25, 0.3) is 11.1 Å². The van der Waals surface area contributed by atoms with Crippen molar-refractivity contribution >= 4 is 11.8 Å². The molecule has 0 fully saturated rings. The van der Waals surface area contributed by atoms with Gasteiger partial charge in [0.1, 0.15) is 23.5 Å². The van der Waals surface area contributed by atoms with Crippen molar-refractivity contribution in [3.05, 3.63) is 89.6 Å². The number of hydrogen-bond acceptors (Lipinski definition) is 4. The van der Waals surface area contributed by atoms with Gasteiger partial charge in [0.15, 0.2) is 0 Å². The summed E-state index contributed by atoms with van der Waals surface area (Å²) in [7, 11) is 0. The SMILES string of the molecule is C=CCSc1nc2c(c(-c3ccc(OCc4ccccc4)cc3)c1C#N)CCCC2. The standard InChI is InChI=1S/C26H24N2OS/c1-2-16-30-26-23(17-27)25(22-10-6-7-11-24(22)28-26)20-12-14-21(15-13-20)29-18-19-8-4-3-5-9-19/h2-5,8-9,12-15H,1,6-7,10-11,16,18H2. The zero-order chi connectivity index (χ0) is 20.8.